The number of nitrogens with zero attached hydrogens (tertiary/aromatic N) is 2. The first kappa shape index (κ1) is 11.4. The molecule has 0 aliphatic rings. The van der Waals surface area contributed by atoms with Gasteiger partial charge >= 0.3 is 0 Å². The summed E-state index contributed by atoms with van der Waals surface area (Å²) in [6.07, 6.45) is 0. The van der Waals surface area contributed by atoms with Crippen molar-refractivity contribution < 1.29 is 14.3 Å². The molecule has 1 aromatic rings. The molecule has 6 nitrogen and oxygen atoms in total. The number of methoxy groups -OCH3 is 2. The van der Waals surface area contributed by atoms with E-state index in [1.807, 2.05) is 0 Å². The number of nitrogens with one attached hydrogen (secondary N) is 1. The molecule has 0 bridgehead atoms. The number of carbonyl (C=O) groups is 1. The lowest BCUT2D eigenvalue weighted by Crippen LogP contribution is -2.19. The predicted octanol–water partition coefficient (Wildman–Crippen LogP) is -0.104. The van der Waals surface area contributed by atoms with Crippen molar-refractivity contribution in [1.82, 2.24) is 15.5 Å². The second-order valence-corrected chi connectivity index (χ2v) is 2.76. The number of ether oxygens (including phenoxy) is 2. The van der Waals surface area contributed by atoms with Crippen molar-refractivity contribution in [3.8, 4) is 11.8 Å². The summed E-state index contributed by atoms with van der Waals surface area (Å²) in [7, 11) is 4.59. The molecule has 0 atom stereocenters. The molecule has 0 amide bonds. The number of hydrogen-bond acceptors (Lipinski definition) is 6. The number of rotatable bonds is 5. The van der Waals surface area contributed by atoms with Crippen molar-refractivity contribution in [1.29, 1.82) is 0 Å². The Labute approximate surface area is 87.6 Å². The largest absolute Gasteiger partial charge is 0.480 e. The van der Waals surface area contributed by atoms with Crippen LogP contribution in [0.25, 0.3) is 0 Å². The summed E-state index contributed by atoms with van der Waals surface area (Å²) in [5.41, 5.74) is 0.360. The standard InChI is InChI=1S/C9H13N3O3/c1-10-5-7(13)6-4-8(14-2)11-12-9(6)15-3/h4,10H,5H2,1-3H3. The summed E-state index contributed by atoms with van der Waals surface area (Å²) < 4.78 is 9.82. The maximum atomic E-state index is 11.6. The van der Waals surface area contributed by atoms with Crippen molar-refractivity contribution in [2.24, 2.45) is 0 Å². The van der Waals surface area contributed by atoms with E-state index in [4.69, 9.17) is 9.47 Å². The fourth-order valence-electron chi connectivity index (χ4n) is 1.07. The highest BCUT2D eigenvalue weighted by Crippen LogP contribution is 2.18. The van der Waals surface area contributed by atoms with Crippen LogP contribution in [0.15, 0.2) is 6.07 Å². The Morgan fingerprint density at radius 2 is 2.13 bits per heavy atom. The molecular weight excluding hydrogens is 198 g/mol. The Hall–Kier alpha value is -1.69. The average Bonchev–Trinajstić information content (AvgIpc) is 2.28. The average molecular weight is 211 g/mol. The molecule has 0 aromatic carbocycles. The molecule has 1 aromatic heterocycles. The molecule has 0 saturated heterocycles. The van der Waals surface area contributed by atoms with Crippen LogP contribution >= 0.6 is 0 Å². The van der Waals surface area contributed by atoms with Gasteiger partial charge in [-0.15, -0.1) is 10.2 Å². The number of hydrogen-bond donors (Lipinski definition) is 1. The van der Waals surface area contributed by atoms with Gasteiger partial charge in [-0.25, -0.2) is 0 Å². The summed E-state index contributed by atoms with van der Waals surface area (Å²) in [5.74, 6) is 0.369. The minimum Gasteiger partial charge on any atom is -0.480 e. The Balaban J connectivity index is 3.05. The fourth-order valence-corrected chi connectivity index (χ4v) is 1.07. The van der Waals surface area contributed by atoms with Gasteiger partial charge in [0.05, 0.1) is 26.3 Å². The maximum Gasteiger partial charge on any atom is 0.244 e. The fraction of sp³-hybridized carbons (Fsp3) is 0.444. The van der Waals surface area contributed by atoms with Crippen LogP contribution in [-0.4, -0.2) is 43.8 Å². The summed E-state index contributed by atoms with van der Waals surface area (Å²) in [6, 6.07) is 1.51. The lowest BCUT2D eigenvalue weighted by Gasteiger charge is -2.06. The molecule has 0 spiro atoms. The summed E-state index contributed by atoms with van der Waals surface area (Å²) in [6.45, 7) is 0.213. The predicted molar refractivity (Wildman–Crippen MR) is 53.4 cm³/mol. The second-order valence-electron chi connectivity index (χ2n) is 2.76. The van der Waals surface area contributed by atoms with E-state index in [-0.39, 0.29) is 24.1 Å². The Kier molecular flexibility index (Phi) is 3.99. The molecule has 0 aliphatic carbocycles. The highest BCUT2D eigenvalue weighted by molar-refractivity contribution is 5.99. The van der Waals surface area contributed by atoms with Gasteiger partial charge in [0, 0.05) is 6.07 Å². The lowest BCUT2D eigenvalue weighted by atomic mass is 10.2. The van der Waals surface area contributed by atoms with Crippen molar-refractivity contribution >= 4 is 5.78 Å². The Morgan fingerprint density at radius 1 is 1.40 bits per heavy atom. The van der Waals surface area contributed by atoms with E-state index in [9.17, 15) is 4.79 Å². The summed E-state index contributed by atoms with van der Waals surface area (Å²) in [4.78, 5) is 11.6. The van der Waals surface area contributed by atoms with Crippen molar-refractivity contribution in [3.05, 3.63) is 11.6 Å². The van der Waals surface area contributed by atoms with Crippen molar-refractivity contribution in [2.45, 2.75) is 0 Å². The molecule has 0 aliphatic heterocycles. The van der Waals surface area contributed by atoms with E-state index in [1.54, 1.807) is 7.05 Å². The minimum atomic E-state index is -0.123. The SMILES string of the molecule is CNCC(=O)c1cc(OC)nnc1OC. The zero-order valence-electron chi connectivity index (χ0n) is 8.90. The second kappa shape index (κ2) is 5.26. The van der Waals surface area contributed by atoms with Gasteiger partial charge in [-0.2, -0.15) is 0 Å². The van der Waals surface area contributed by atoms with Crippen LogP contribution in [0, 0.1) is 0 Å². The van der Waals surface area contributed by atoms with Gasteiger partial charge in [0.25, 0.3) is 0 Å². The molecular formula is C9H13N3O3. The molecule has 0 radical (unpaired) electrons. The third-order valence-electron chi connectivity index (χ3n) is 1.78. The van der Waals surface area contributed by atoms with Gasteiger partial charge in [0.15, 0.2) is 5.78 Å². The van der Waals surface area contributed by atoms with Crippen molar-refractivity contribution in [2.75, 3.05) is 27.8 Å². The van der Waals surface area contributed by atoms with E-state index >= 15 is 0 Å². The van der Waals surface area contributed by atoms with Crippen LogP contribution in [0.3, 0.4) is 0 Å². The zero-order valence-corrected chi connectivity index (χ0v) is 8.90. The third-order valence-corrected chi connectivity index (χ3v) is 1.78. The van der Waals surface area contributed by atoms with E-state index in [0.29, 0.717) is 5.56 Å². The van der Waals surface area contributed by atoms with Crippen LogP contribution in [0.2, 0.25) is 0 Å². The van der Waals surface area contributed by atoms with E-state index in [1.165, 1.54) is 20.3 Å². The van der Waals surface area contributed by atoms with Crippen LogP contribution in [-0.2, 0) is 0 Å². The van der Waals surface area contributed by atoms with Crippen LogP contribution < -0.4 is 14.8 Å². The molecule has 1 N–H and O–H groups in total. The topological polar surface area (TPSA) is 73.3 Å². The highest BCUT2D eigenvalue weighted by atomic mass is 16.5. The Morgan fingerprint density at radius 3 is 2.67 bits per heavy atom. The molecule has 0 saturated carbocycles. The van der Waals surface area contributed by atoms with E-state index in [0.717, 1.165) is 0 Å². The maximum absolute atomic E-state index is 11.6. The first-order chi connectivity index (χ1) is 7.22. The van der Waals surface area contributed by atoms with Gasteiger partial charge in [-0.1, -0.05) is 0 Å². The molecule has 1 rings (SSSR count). The van der Waals surface area contributed by atoms with Gasteiger partial charge in [-0.3, -0.25) is 4.79 Å². The first-order valence-corrected chi connectivity index (χ1v) is 4.36. The van der Waals surface area contributed by atoms with E-state index in [2.05, 4.69) is 15.5 Å². The number of Topliss-reactive ketones (excluding diaryl/α,β-unsaturated/α-hetero) is 1. The highest BCUT2D eigenvalue weighted by Gasteiger charge is 2.14. The van der Waals surface area contributed by atoms with Gasteiger partial charge < -0.3 is 14.8 Å². The normalized spacial score (nSPS) is 9.80. The van der Waals surface area contributed by atoms with E-state index < -0.39 is 0 Å². The monoisotopic (exact) mass is 211 g/mol. The molecule has 15 heavy (non-hydrogen) atoms. The number of aromatic nitrogens is 2. The van der Waals surface area contributed by atoms with Gasteiger partial charge in [0.1, 0.15) is 0 Å². The number of carbonyl (C=O) groups excluding carboxylic acids is 1. The smallest absolute Gasteiger partial charge is 0.244 e. The molecule has 82 valence electrons. The van der Waals surface area contributed by atoms with Gasteiger partial charge in [0.2, 0.25) is 11.8 Å². The van der Waals surface area contributed by atoms with Crippen LogP contribution in [0.1, 0.15) is 10.4 Å². The Bertz CT molecular complexity index is 354. The molecule has 0 fully saturated rings. The molecule has 0 unspecified atom stereocenters. The number of ketones is 1. The summed E-state index contributed by atoms with van der Waals surface area (Å²) in [5, 5.41) is 10.2. The third kappa shape index (κ3) is 2.63. The summed E-state index contributed by atoms with van der Waals surface area (Å²) >= 11 is 0. The zero-order chi connectivity index (χ0) is 11.3. The first-order valence-electron chi connectivity index (χ1n) is 4.36. The minimum absolute atomic E-state index is 0.123. The van der Waals surface area contributed by atoms with Crippen molar-refractivity contribution in [3.63, 3.8) is 0 Å². The number of likely N-dealkylation sites (N-methyl/N-ethyl adjacent to an activating group) is 1. The lowest BCUT2D eigenvalue weighted by molar-refractivity contribution is 0.0989. The van der Waals surface area contributed by atoms with Crippen LogP contribution in [0.4, 0.5) is 0 Å². The molecule has 6 heteroatoms. The van der Waals surface area contributed by atoms with Gasteiger partial charge in [-0.05, 0) is 7.05 Å². The molecule has 1 heterocycles. The van der Waals surface area contributed by atoms with Crippen LogP contribution in [0.5, 0.6) is 11.8 Å². The quantitative estimate of drug-likeness (QED) is 0.685.